The van der Waals surface area contributed by atoms with E-state index in [-0.39, 0.29) is 11.3 Å². The van der Waals surface area contributed by atoms with Gasteiger partial charge in [-0.15, -0.1) is 0 Å². The lowest BCUT2D eigenvalue weighted by atomic mass is 10.2. The van der Waals surface area contributed by atoms with Crippen LogP contribution in [0.15, 0.2) is 24.3 Å². The van der Waals surface area contributed by atoms with Crippen LogP contribution in [0.4, 0.5) is 0 Å². The molecule has 0 spiro atoms. The van der Waals surface area contributed by atoms with Gasteiger partial charge < -0.3 is 4.74 Å². The number of hydrogen-bond donors (Lipinski definition) is 0. The molecule has 0 fully saturated rings. The van der Waals surface area contributed by atoms with E-state index in [1.165, 1.54) is 0 Å². The van der Waals surface area contributed by atoms with Gasteiger partial charge in [0, 0.05) is 10.6 Å². The number of nitrogens with zero attached hydrogens (tertiary/aromatic N) is 3. The molecule has 0 aliphatic rings. The first kappa shape index (κ1) is 13.1. The van der Waals surface area contributed by atoms with E-state index in [2.05, 4.69) is 15.0 Å². The minimum absolute atomic E-state index is 0.112. The van der Waals surface area contributed by atoms with Crippen LogP contribution in [-0.2, 0) is 0 Å². The third-order valence-electron chi connectivity index (χ3n) is 2.13. The molecule has 0 aliphatic carbocycles. The van der Waals surface area contributed by atoms with Crippen molar-refractivity contribution in [1.82, 2.24) is 15.0 Å². The predicted octanol–water partition coefficient (Wildman–Crippen LogP) is 3.63. The molecule has 0 N–H and O–H groups in total. The van der Waals surface area contributed by atoms with E-state index in [1.807, 2.05) is 19.1 Å². The number of benzene rings is 1. The van der Waals surface area contributed by atoms with Gasteiger partial charge in [0.05, 0.1) is 6.61 Å². The van der Waals surface area contributed by atoms with Crippen molar-refractivity contribution in [2.24, 2.45) is 0 Å². The molecule has 0 amide bonds. The molecule has 18 heavy (non-hydrogen) atoms. The summed E-state index contributed by atoms with van der Waals surface area (Å²) in [5.74, 6) is 0.470. The summed E-state index contributed by atoms with van der Waals surface area (Å²) in [5, 5.41) is 0.766. The number of hydrogen-bond acceptors (Lipinski definition) is 4. The molecular formula is C12H11Cl2N3O. The highest BCUT2D eigenvalue weighted by atomic mass is 35.5. The van der Waals surface area contributed by atoms with E-state index in [0.29, 0.717) is 17.5 Å². The highest BCUT2D eigenvalue weighted by Gasteiger charge is 2.08. The third-order valence-corrected chi connectivity index (χ3v) is 2.55. The Kier molecular flexibility index (Phi) is 4.33. The van der Waals surface area contributed by atoms with Crippen LogP contribution in [0.1, 0.15) is 13.3 Å². The Morgan fingerprint density at radius 2 is 1.78 bits per heavy atom. The largest absolute Gasteiger partial charge is 0.463 e. The maximum atomic E-state index is 5.84. The summed E-state index contributed by atoms with van der Waals surface area (Å²) in [4.78, 5) is 12.2. The first-order chi connectivity index (χ1) is 8.69. The van der Waals surface area contributed by atoms with Crippen molar-refractivity contribution >= 4 is 23.2 Å². The van der Waals surface area contributed by atoms with Crippen LogP contribution in [0.25, 0.3) is 11.4 Å². The summed E-state index contributed by atoms with van der Waals surface area (Å²) in [6, 6.07) is 7.40. The van der Waals surface area contributed by atoms with Crippen LogP contribution in [0, 0.1) is 0 Å². The number of aromatic nitrogens is 3. The second-order valence-electron chi connectivity index (χ2n) is 3.57. The fourth-order valence-corrected chi connectivity index (χ4v) is 1.60. The van der Waals surface area contributed by atoms with Crippen molar-refractivity contribution in [1.29, 1.82) is 0 Å². The molecule has 1 aromatic heterocycles. The molecule has 0 aliphatic heterocycles. The van der Waals surface area contributed by atoms with Gasteiger partial charge in [-0.25, -0.2) is 0 Å². The summed E-state index contributed by atoms with van der Waals surface area (Å²) in [5.41, 5.74) is 0.810. The first-order valence-electron chi connectivity index (χ1n) is 5.49. The number of ether oxygens (including phenoxy) is 1. The van der Waals surface area contributed by atoms with Crippen LogP contribution in [-0.4, -0.2) is 21.6 Å². The summed E-state index contributed by atoms with van der Waals surface area (Å²) < 4.78 is 5.35. The molecule has 0 saturated heterocycles. The molecule has 2 rings (SSSR count). The van der Waals surface area contributed by atoms with Gasteiger partial charge >= 0.3 is 6.01 Å². The second-order valence-corrected chi connectivity index (χ2v) is 4.34. The van der Waals surface area contributed by atoms with Crippen LogP contribution in [0.5, 0.6) is 6.01 Å². The van der Waals surface area contributed by atoms with Crippen LogP contribution in [0.2, 0.25) is 10.3 Å². The lowest BCUT2D eigenvalue weighted by molar-refractivity contribution is 0.291. The molecule has 0 unspecified atom stereocenters. The maximum Gasteiger partial charge on any atom is 0.321 e. The highest BCUT2D eigenvalue weighted by Crippen LogP contribution is 2.20. The Morgan fingerprint density at radius 3 is 2.44 bits per heavy atom. The van der Waals surface area contributed by atoms with Crippen molar-refractivity contribution in [3.63, 3.8) is 0 Å². The Bertz CT molecular complexity index is 531. The fraction of sp³-hybridized carbons (Fsp3) is 0.250. The zero-order chi connectivity index (χ0) is 13.0. The molecule has 94 valence electrons. The van der Waals surface area contributed by atoms with E-state index < -0.39 is 0 Å². The summed E-state index contributed by atoms with van der Waals surface area (Å²) in [6.45, 7) is 2.54. The van der Waals surface area contributed by atoms with Crippen molar-refractivity contribution in [2.45, 2.75) is 13.3 Å². The van der Waals surface area contributed by atoms with Crippen LogP contribution in [0.3, 0.4) is 0 Å². The fourth-order valence-electron chi connectivity index (χ4n) is 1.32. The average molecular weight is 284 g/mol. The quantitative estimate of drug-likeness (QED) is 0.860. The monoisotopic (exact) mass is 283 g/mol. The van der Waals surface area contributed by atoms with E-state index in [4.69, 9.17) is 27.9 Å². The SMILES string of the molecule is CCCOc1nc(Cl)nc(-c2ccc(Cl)cc2)n1. The third kappa shape index (κ3) is 3.31. The van der Waals surface area contributed by atoms with Gasteiger partial charge in [0.15, 0.2) is 5.82 Å². The highest BCUT2D eigenvalue weighted by molar-refractivity contribution is 6.30. The molecule has 1 heterocycles. The van der Waals surface area contributed by atoms with Gasteiger partial charge in [0.2, 0.25) is 5.28 Å². The van der Waals surface area contributed by atoms with Crippen LogP contribution >= 0.6 is 23.2 Å². The Balaban J connectivity index is 2.32. The Hall–Kier alpha value is -1.39. The first-order valence-corrected chi connectivity index (χ1v) is 6.25. The second kappa shape index (κ2) is 5.98. The zero-order valence-electron chi connectivity index (χ0n) is 9.73. The minimum atomic E-state index is 0.112. The van der Waals surface area contributed by atoms with Gasteiger partial charge in [-0.3, -0.25) is 0 Å². The molecule has 0 atom stereocenters. The molecule has 6 heteroatoms. The van der Waals surface area contributed by atoms with E-state index in [0.717, 1.165) is 12.0 Å². The minimum Gasteiger partial charge on any atom is -0.463 e. The number of rotatable bonds is 4. The molecular weight excluding hydrogens is 273 g/mol. The molecule has 4 nitrogen and oxygen atoms in total. The van der Waals surface area contributed by atoms with E-state index >= 15 is 0 Å². The summed E-state index contributed by atoms with van der Waals surface area (Å²) in [6.07, 6.45) is 0.875. The van der Waals surface area contributed by atoms with Gasteiger partial charge in [0.25, 0.3) is 0 Å². The molecule has 0 radical (unpaired) electrons. The van der Waals surface area contributed by atoms with Gasteiger partial charge in [0.1, 0.15) is 0 Å². The molecule has 2 aromatic rings. The van der Waals surface area contributed by atoms with Gasteiger partial charge in [-0.05, 0) is 42.3 Å². The normalized spacial score (nSPS) is 10.4. The smallest absolute Gasteiger partial charge is 0.321 e. The van der Waals surface area contributed by atoms with Crippen molar-refractivity contribution in [3.05, 3.63) is 34.6 Å². The topological polar surface area (TPSA) is 47.9 Å². The van der Waals surface area contributed by atoms with Crippen molar-refractivity contribution in [3.8, 4) is 17.4 Å². The zero-order valence-corrected chi connectivity index (χ0v) is 11.2. The average Bonchev–Trinajstić information content (AvgIpc) is 2.36. The lowest BCUT2D eigenvalue weighted by Gasteiger charge is -2.05. The predicted molar refractivity (Wildman–Crippen MR) is 71.1 cm³/mol. The van der Waals surface area contributed by atoms with Crippen LogP contribution < -0.4 is 4.74 Å². The van der Waals surface area contributed by atoms with Crippen molar-refractivity contribution < 1.29 is 4.74 Å². The lowest BCUT2D eigenvalue weighted by Crippen LogP contribution is -2.02. The van der Waals surface area contributed by atoms with Gasteiger partial charge in [-0.1, -0.05) is 18.5 Å². The molecule has 0 saturated carbocycles. The van der Waals surface area contributed by atoms with E-state index in [1.54, 1.807) is 12.1 Å². The summed E-state index contributed by atoms with van der Waals surface area (Å²) in [7, 11) is 0. The molecule has 1 aromatic carbocycles. The maximum absolute atomic E-state index is 5.84. The summed E-state index contributed by atoms with van der Waals surface area (Å²) >= 11 is 11.7. The molecule has 0 bridgehead atoms. The van der Waals surface area contributed by atoms with E-state index in [9.17, 15) is 0 Å². The van der Waals surface area contributed by atoms with Gasteiger partial charge in [-0.2, -0.15) is 15.0 Å². The van der Waals surface area contributed by atoms with Crippen molar-refractivity contribution in [2.75, 3.05) is 6.61 Å². The Morgan fingerprint density at radius 1 is 1.06 bits per heavy atom. The number of halogens is 2. The Labute approximate surface area is 115 Å². The standard InChI is InChI=1S/C12H11Cl2N3O/c1-2-7-18-12-16-10(15-11(14)17-12)8-3-5-9(13)6-4-8/h3-6H,2,7H2,1H3.